The van der Waals surface area contributed by atoms with Gasteiger partial charge in [0.25, 0.3) is 0 Å². The summed E-state index contributed by atoms with van der Waals surface area (Å²) in [7, 11) is 2.80. The highest BCUT2D eigenvalue weighted by Gasteiger charge is 2.25. The van der Waals surface area contributed by atoms with E-state index in [0.717, 1.165) is 32.4 Å². The summed E-state index contributed by atoms with van der Waals surface area (Å²) in [6.07, 6.45) is 3.68. The number of fused-ring (bicyclic) bond motifs is 1. The zero-order chi connectivity index (χ0) is 23.1. The molecule has 3 N–H and O–H groups in total. The summed E-state index contributed by atoms with van der Waals surface area (Å²) in [5.41, 5.74) is 6.19. The highest BCUT2D eigenvalue weighted by molar-refractivity contribution is 5.92. The monoisotopic (exact) mass is 448 g/mol. The lowest BCUT2D eigenvalue weighted by Gasteiger charge is -2.35. The predicted octanol–water partition coefficient (Wildman–Crippen LogP) is 2.19. The van der Waals surface area contributed by atoms with Crippen LogP contribution in [0.3, 0.4) is 0 Å². The summed E-state index contributed by atoms with van der Waals surface area (Å²) in [5.74, 6) is 0.228. The molecule has 0 atom stereocenters. The van der Waals surface area contributed by atoms with E-state index < -0.39 is 5.82 Å². The Bertz CT molecular complexity index is 934. The van der Waals surface area contributed by atoms with Gasteiger partial charge in [-0.05, 0) is 32.0 Å². The molecular formula is C22H33FN6O3. The molecule has 0 spiro atoms. The molecule has 0 radical (unpaired) electrons. The lowest BCUT2D eigenvalue weighted by molar-refractivity contribution is -0.131. The number of halogens is 1. The molecule has 10 heteroatoms. The van der Waals surface area contributed by atoms with Crippen molar-refractivity contribution in [2.24, 2.45) is 0 Å². The molecule has 32 heavy (non-hydrogen) atoms. The Balaban J connectivity index is 1.63. The number of nitrogen functional groups attached to an aromatic ring is 1. The topological polar surface area (TPSA) is 106 Å². The molecule has 0 unspecified atom stereocenters. The Kier molecular flexibility index (Phi) is 8.26. The average molecular weight is 449 g/mol. The van der Waals surface area contributed by atoms with Crippen molar-refractivity contribution in [1.29, 1.82) is 0 Å². The smallest absolute Gasteiger partial charge is 0.228 e. The van der Waals surface area contributed by atoms with Gasteiger partial charge in [-0.15, -0.1) is 0 Å². The van der Waals surface area contributed by atoms with Gasteiger partial charge < -0.3 is 30.3 Å². The molecule has 1 amide bonds. The number of benzene rings is 1. The first-order valence-corrected chi connectivity index (χ1v) is 11.1. The van der Waals surface area contributed by atoms with Gasteiger partial charge >= 0.3 is 0 Å². The number of aromatic nitrogens is 2. The molecule has 3 rings (SSSR count). The van der Waals surface area contributed by atoms with Gasteiger partial charge in [-0.25, -0.2) is 9.37 Å². The number of carbonyl (C=O) groups is 1. The molecule has 9 nitrogen and oxygen atoms in total. The Morgan fingerprint density at radius 1 is 1.16 bits per heavy atom. The lowest BCUT2D eigenvalue weighted by Crippen LogP contribution is -2.49. The Morgan fingerprint density at radius 3 is 2.53 bits per heavy atom. The minimum atomic E-state index is -0.640. The molecule has 0 aliphatic carbocycles. The van der Waals surface area contributed by atoms with Gasteiger partial charge in [0.15, 0.2) is 17.3 Å². The van der Waals surface area contributed by atoms with E-state index in [9.17, 15) is 4.79 Å². The molecule has 1 aromatic heterocycles. The first kappa shape index (κ1) is 23.8. The largest absolute Gasteiger partial charge is 0.493 e. The average Bonchev–Trinajstić information content (AvgIpc) is 2.81. The quantitative estimate of drug-likeness (QED) is 0.533. The zero-order valence-electron chi connectivity index (χ0n) is 19.1. The van der Waals surface area contributed by atoms with Crippen LogP contribution in [0.4, 0.5) is 16.2 Å². The zero-order valence-corrected chi connectivity index (χ0v) is 19.1. The van der Waals surface area contributed by atoms with Crippen molar-refractivity contribution in [2.45, 2.75) is 32.6 Å². The van der Waals surface area contributed by atoms with Crippen molar-refractivity contribution < 1.29 is 18.7 Å². The standard InChI is InChI=1S/C22H33FN6O3/c1-4-5-8-25-9-6-7-17(30)28-10-12-29(13-11-28)22-26-19-15(21(24)27-22)14-16(31-2)20(32-3)18(19)23/h14,25H,4-13H2,1-3H3,(H2,24,26,27). The van der Waals surface area contributed by atoms with Crippen LogP contribution >= 0.6 is 0 Å². The van der Waals surface area contributed by atoms with Gasteiger partial charge in [-0.3, -0.25) is 4.79 Å². The normalized spacial score (nSPS) is 14.1. The van der Waals surface area contributed by atoms with Crippen molar-refractivity contribution in [2.75, 3.05) is 64.1 Å². The molecule has 1 aliphatic rings. The number of methoxy groups -OCH3 is 2. The number of hydrogen-bond acceptors (Lipinski definition) is 8. The maximum atomic E-state index is 15.0. The predicted molar refractivity (Wildman–Crippen MR) is 123 cm³/mol. The van der Waals surface area contributed by atoms with Crippen LogP contribution in [-0.4, -0.2) is 74.3 Å². The fourth-order valence-corrected chi connectivity index (χ4v) is 3.79. The molecule has 1 fully saturated rings. The van der Waals surface area contributed by atoms with Gasteiger partial charge in [-0.1, -0.05) is 13.3 Å². The van der Waals surface area contributed by atoms with E-state index in [-0.39, 0.29) is 28.7 Å². The Morgan fingerprint density at radius 2 is 1.88 bits per heavy atom. The third-order valence-corrected chi connectivity index (χ3v) is 5.66. The van der Waals surface area contributed by atoms with Crippen LogP contribution in [-0.2, 0) is 4.79 Å². The second kappa shape index (κ2) is 11.1. The van der Waals surface area contributed by atoms with E-state index in [1.54, 1.807) is 6.07 Å². The summed E-state index contributed by atoms with van der Waals surface area (Å²) >= 11 is 0. The van der Waals surface area contributed by atoms with E-state index in [1.807, 2.05) is 9.80 Å². The highest BCUT2D eigenvalue weighted by Crippen LogP contribution is 2.37. The van der Waals surface area contributed by atoms with Crippen LogP contribution in [0.1, 0.15) is 32.6 Å². The number of unbranched alkanes of at least 4 members (excludes halogenated alkanes) is 1. The molecule has 0 bridgehead atoms. The maximum absolute atomic E-state index is 15.0. The number of nitrogens with zero attached hydrogens (tertiary/aromatic N) is 4. The van der Waals surface area contributed by atoms with E-state index in [1.165, 1.54) is 14.2 Å². The minimum absolute atomic E-state index is 0.0244. The summed E-state index contributed by atoms with van der Waals surface area (Å²) in [6, 6.07) is 1.57. The van der Waals surface area contributed by atoms with Gasteiger partial charge in [0, 0.05) is 38.0 Å². The van der Waals surface area contributed by atoms with Crippen LogP contribution in [0.15, 0.2) is 6.07 Å². The van der Waals surface area contributed by atoms with Crippen LogP contribution in [0, 0.1) is 5.82 Å². The van der Waals surface area contributed by atoms with E-state index in [2.05, 4.69) is 22.2 Å². The van der Waals surface area contributed by atoms with Gasteiger partial charge in [0.2, 0.25) is 11.9 Å². The first-order valence-electron chi connectivity index (χ1n) is 11.1. The molecule has 1 saturated heterocycles. The van der Waals surface area contributed by atoms with Gasteiger partial charge in [0.05, 0.1) is 14.2 Å². The molecule has 0 saturated carbocycles. The summed E-state index contributed by atoms with van der Waals surface area (Å²) in [4.78, 5) is 25.0. The number of hydrogen-bond donors (Lipinski definition) is 2. The van der Waals surface area contributed by atoms with Gasteiger partial charge in [0.1, 0.15) is 11.3 Å². The number of rotatable bonds is 10. The van der Waals surface area contributed by atoms with E-state index in [0.29, 0.717) is 43.9 Å². The van der Waals surface area contributed by atoms with E-state index in [4.69, 9.17) is 15.2 Å². The number of ether oxygens (including phenoxy) is 2. The third kappa shape index (κ3) is 5.29. The van der Waals surface area contributed by atoms with Crippen molar-refractivity contribution in [3.8, 4) is 11.5 Å². The van der Waals surface area contributed by atoms with Crippen LogP contribution < -0.4 is 25.4 Å². The summed E-state index contributed by atoms with van der Waals surface area (Å²) in [6.45, 7) is 6.26. The van der Waals surface area contributed by atoms with Crippen molar-refractivity contribution >= 4 is 28.6 Å². The molecule has 176 valence electrons. The fraction of sp³-hybridized carbons (Fsp3) is 0.591. The molecule has 2 heterocycles. The fourth-order valence-electron chi connectivity index (χ4n) is 3.79. The molecule has 2 aromatic rings. The van der Waals surface area contributed by atoms with Crippen LogP contribution in [0.25, 0.3) is 10.9 Å². The highest BCUT2D eigenvalue weighted by atomic mass is 19.1. The minimum Gasteiger partial charge on any atom is -0.493 e. The third-order valence-electron chi connectivity index (χ3n) is 5.66. The Hall–Kier alpha value is -2.88. The number of amides is 1. The second-order valence-electron chi connectivity index (χ2n) is 7.81. The van der Waals surface area contributed by atoms with E-state index >= 15 is 4.39 Å². The van der Waals surface area contributed by atoms with Crippen molar-refractivity contribution in [3.63, 3.8) is 0 Å². The molecule has 1 aromatic carbocycles. The lowest BCUT2D eigenvalue weighted by atomic mass is 10.2. The second-order valence-corrected chi connectivity index (χ2v) is 7.81. The van der Waals surface area contributed by atoms with Crippen molar-refractivity contribution in [3.05, 3.63) is 11.9 Å². The number of carbonyl (C=O) groups excluding carboxylic acids is 1. The maximum Gasteiger partial charge on any atom is 0.228 e. The Labute approximate surface area is 188 Å². The van der Waals surface area contributed by atoms with Crippen LogP contribution in [0.5, 0.6) is 11.5 Å². The number of nitrogens with one attached hydrogen (secondary N) is 1. The molecule has 1 aliphatic heterocycles. The summed E-state index contributed by atoms with van der Waals surface area (Å²) in [5, 5.41) is 3.72. The first-order chi connectivity index (χ1) is 15.5. The molecular weight excluding hydrogens is 415 g/mol. The summed E-state index contributed by atoms with van der Waals surface area (Å²) < 4.78 is 25.3. The van der Waals surface area contributed by atoms with Gasteiger partial charge in [-0.2, -0.15) is 4.98 Å². The number of anilines is 2. The number of piperazine rings is 1. The van der Waals surface area contributed by atoms with Crippen molar-refractivity contribution in [1.82, 2.24) is 20.2 Å². The number of nitrogens with two attached hydrogens (primary N) is 1. The van der Waals surface area contributed by atoms with Crippen LogP contribution in [0.2, 0.25) is 0 Å². The SMILES string of the molecule is CCCCNCCCC(=O)N1CCN(c2nc(N)c3cc(OC)c(OC)c(F)c3n2)CC1.